The van der Waals surface area contributed by atoms with E-state index in [1.54, 1.807) is 0 Å². The third-order valence-corrected chi connectivity index (χ3v) is 6.45. The highest BCUT2D eigenvalue weighted by Crippen LogP contribution is 2.32. The average Bonchev–Trinajstić information content (AvgIpc) is 2.62. The quantitative estimate of drug-likeness (QED) is 0.586. The second-order valence-corrected chi connectivity index (χ2v) is 8.26. The number of carbonyl (C=O) groups excluding carboxylic acids is 1. The molecule has 1 aliphatic heterocycles. The van der Waals surface area contributed by atoms with E-state index < -0.39 is 34.0 Å². The van der Waals surface area contributed by atoms with Crippen LogP contribution < -0.4 is 14.8 Å². The molecule has 0 radical (unpaired) electrons. The molecule has 2 N–H and O–H groups in total. The summed E-state index contributed by atoms with van der Waals surface area (Å²) in [5.41, 5.74) is 0. The van der Waals surface area contributed by atoms with E-state index in [2.05, 4.69) is 5.32 Å². The Morgan fingerprint density at radius 1 is 1.29 bits per heavy atom. The highest BCUT2D eigenvalue weighted by atomic mass is 32.2. The molecule has 2 rings (SSSR count). The summed E-state index contributed by atoms with van der Waals surface area (Å²) >= 11 is 0. The van der Waals surface area contributed by atoms with E-state index in [1.165, 1.54) is 32.4 Å². The normalized spacial score (nSPS) is 17.3. The molecule has 28 heavy (non-hydrogen) atoms. The first-order chi connectivity index (χ1) is 13.3. The van der Waals surface area contributed by atoms with Crippen LogP contribution in [0.3, 0.4) is 0 Å². The summed E-state index contributed by atoms with van der Waals surface area (Å²) in [5, 5.41) is 12.5. The van der Waals surface area contributed by atoms with Gasteiger partial charge in [0, 0.05) is 6.07 Å². The van der Waals surface area contributed by atoms with Gasteiger partial charge in [0.25, 0.3) is 15.9 Å². The SMILES string of the molecule is CCCC[C@@H](C(=O)O)N(C(=O)C1CCN1)S(=O)(=O)c1ccc(OC)c(OC)c1. The largest absolute Gasteiger partial charge is 0.493 e. The molecule has 1 heterocycles. The molecular formula is C18H26N2O7S. The number of unbranched alkanes of at least 4 members (excludes halogenated alkanes) is 1. The third-order valence-electron chi connectivity index (χ3n) is 4.65. The van der Waals surface area contributed by atoms with Crippen LogP contribution in [0.25, 0.3) is 0 Å². The van der Waals surface area contributed by atoms with Crippen molar-refractivity contribution in [2.45, 2.75) is 49.6 Å². The lowest BCUT2D eigenvalue weighted by Gasteiger charge is -2.35. The molecule has 0 spiro atoms. The fourth-order valence-corrected chi connectivity index (χ4v) is 4.54. The van der Waals surface area contributed by atoms with Crippen LogP contribution in [0.15, 0.2) is 23.1 Å². The van der Waals surface area contributed by atoms with Gasteiger partial charge in [-0.2, -0.15) is 0 Å². The Morgan fingerprint density at radius 2 is 1.93 bits per heavy atom. The van der Waals surface area contributed by atoms with Gasteiger partial charge in [0.1, 0.15) is 6.04 Å². The summed E-state index contributed by atoms with van der Waals surface area (Å²) in [6.07, 6.45) is 1.64. The second-order valence-electron chi connectivity index (χ2n) is 6.45. The van der Waals surface area contributed by atoms with Crippen LogP contribution in [0.1, 0.15) is 32.6 Å². The van der Waals surface area contributed by atoms with Crippen LogP contribution in [0, 0.1) is 0 Å². The number of carboxylic acids is 1. The zero-order valence-corrected chi connectivity index (χ0v) is 17.0. The van der Waals surface area contributed by atoms with Crippen molar-refractivity contribution >= 4 is 21.9 Å². The zero-order chi connectivity index (χ0) is 20.9. The summed E-state index contributed by atoms with van der Waals surface area (Å²) in [6, 6.07) is 1.70. The Kier molecular flexibility index (Phi) is 7.25. The standard InChI is InChI=1S/C18H26N2O7S/c1-4-5-6-14(18(22)23)20(17(21)13-9-10-19-13)28(24,25)12-7-8-15(26-2)16(11-12)27-3/h7-8,11,13-14,19H,4-6,9-10H2,1-3H3,(H,22,23)/t13?,14-/m0/s1. The first-order valence-corrected chi connectivity index (χ1v) is 10.5. The maximum atomic E-state index is 13.3. The van der Waals surface area contributed by atoms with E-state index >= 15 is 0 Å². The van der Waals surface area contributed by atoms with Crippen molar-refractivity contribution in [2.75, 3.05) is 20.8 Å². The summed E-state index contributed by atoms with van der Waals surface area (Å²) in [4.78, 5) is 24.5. The van der Waals surface area contributed by atoms with Gasteiger partial charge < -0.3 is 19.9 Å². The molecular weight excluding hydrogens is 388 g/mol. The number of ether oxygens (including phenoxy) is 2. The maximum absolute atomic E-state index is 13.3. The molecule has 2 atom stereocenters. The molecule has 0 saturated carbocycles. The molecule has 1 aromatic carbocycles. The van der Waals surface area contributed by atoms with Crippen LogP contribution in [-0.4, -0.2) is 62.6 Å². The molecule has 1 amide bonds. The average molecular weight is 414 g/mol. The van der Waals surface area contributed by atoms with Gasteiger partial charge in [-0.25, -0.2) is 17.5 Å². The van der Waals surface area contributed by atoms with E-state index in [4.69, 9.17) is 9.47 Å². The van der Waals surface area contributed by atoms with E-state index in [0.717, 1.165) is 0 Å². The number of benzene rings is 1. The highest BCUT2D eigenvalue weighted by molar-refractivity contribution is 7.89. The minimum absolute atomic E-state index is 0.0385. The molecule has 1 aliphatic rings. The van der Waals surface area contributed by atoms with Crippen molar-refractivity contribution in [3.63, 3.8) is 0 Å². The Bertz CT molecular complexity index is 821. The van der Waals surface area contributed by atoms with Crippen molar-refractivity contribution < 1.29 is 32.6 Å². The van der Waals surface area contributed by atoms with Crippen LogP contribution in [0.5, 0.6) is 11.5 Å². The Labute approximate surface area is 164 Å². The second kappa shape index (κ2) is 9.24. The number of nitrogens with zero attached hydrogens (tertiary/aromatic N) is 1. The molecule has 10 heteroatoms. The lowest BCUT2D eigenvalue weighted by molar-refractivity contribution is -0.147. The topological polar surface area (TPSA) is 122 Å². The van der Waals surface area contributed by atoms with E-state index in [-0.39, 0.29) is 17.1 Å². The summed E-state index contributed by atoms with van der Waals surface area (Å²) in [6.45, 7) is 2.44. The molecule has 0 aliphatic carbocycles. The van der Waals surface area contributed by atoms with Crippen molar-refractivity contribution in [1.82, 2.24) is 9.62 Å². The van der Waals surface area contributed by atoms with Crippen molar-refractivity contribution in [3.8, 4) is 11.5 Å². The number of amides is 1. The Balaban J connectivity index is 2.53. The van der Waals surface area contributed by atoms with Crippen molar-refractivity contribution in [2.24, 2.45) is 0 Å². The number of methoxy groups -OCH3 is 2. The zero-order valence-electron chi connectivity index (χ0n) is 16.2. The number of rotatable bonds is 10. The third kappa shape index (κ3) is 4.39. The fourth-order valence-electron chi connectivity index (χ4n) is 2.92. The van der Waals surface area contributed by atoms with E-state index in [0.29, 0.717) is 35.9 Å². The number of carboxylic acid groups (broad SMARTS) is 1. The molecule has 156 valence electrons. The molecule has 0 bridgehead atoms. The lowest BCUT2D eigenvalue weighted by atomic mass is 10.0. The van der Waals surface area contributed by atoms with Crippen molar-refractivity contribution in [3.05, 3.63) is 18.2 Å². The van der Waals surface area contributed by atoms with Gasteiger partial charge >= 0.3 is 5.97 Å². The molecule has 0 aromatic heterocycles. The van der Waals surface area contributed by atoms with Crippen LogP contribution in [0.2, 0.25) is 0 Å². The van der Waals surface area contributed by atoms with Crippen LogP contribution >= 0.6 is 0 Å². The summed E-state index contributed by atoms with van der Waals surface area (Å²) in [5.74, 6) is -1.63. The van der Waals surface area contributed by atoms with Gasteiger partial charge in [0.15, 0.2) is 11.5 Å². The van der Waals surface area contributed by atoms with Gasteiger partial charge in [-0.1, -0.05) is 19.8 Å². The van der Waals surface area contributed by atoms with Gasteiger partial charge in [0.05, 0.1) is 25.2 Å². The monoisotopic (exact) mass is 414 g/mol. The smallest absolute Gasteiger partial charge is 0.327 e. The Hall–Kier alpha value is -2.33. The van der Waals surface area contributed by atoms with E-state index in [1.807, 2.05) is 6.92 Å². The predicted octanol–water partition coefficient (Wildman–Crippen LogP) is 1.23. The fraction of sp³-hybridized carbons (Fsp3) is 0.556. The molecule has 1 saturated heterocycles. The molecule has 1 aromatic rings. The first kappa shape index (κ1) is 22.0. The summed E-state index contributed by atoms with van der Waals surface area (Å²) < 4.78 is 37.4. The lowest BCUT2D eigenvalue weighted by Crippen LogP contribution is -2.59. The minimum atomic E-state index is -4.43. The minimum Gasteiger partial charge on any atom is -0.493 e. The highest BCUT2D eigenvalue weighted by Gasteiger charge is 2.43. The number of hydrogen-bond donors (Lipinski definition) is 2. The number of sulfonamides is 1. The van der Waals surface area contributed by atoms with Gasteiger partial charge in [-0.3, -0.25) is 4.79 Å². The number of nitrogens with one attached hydrogen (secondary N) is 1. The molecule has 1 unspecified atom stereocenters. The van der Waals surface area contributed by atoms with E-state index in [9.17, 15) is 23.1 Å². The van der Waals surface area contributed by atoms with Crippen molar-refractivity contribution in [1.29, 1.82) is 0 Å². The van der Waals surface area contributed by atoms with Gasteiger partial charge in [-0.15, -0.1) is 0 Å². The predicted molar refractivity (Wildman–Crippen MR) is 101 cm³/mol. The van der Waals surface area contributed by atoms with Crippen LogP contribution in [-0.2, 0) is 19.6 Å². The molecule has 9 nitrogen and oxygen atoms in total. The molecule has 1 fully saturated rings. The number of hydrogen-bond acceptors (Lipinski definition) is 7. The van der Waals surface area contributed by atoms with Gasteiger partial charge in [-0.05, 0) is 31.5 Å². The number of carbonyl (C=O) groups is 2. The number of aliphatic carboxylic acids is 1. The van der Waals surface area contributed by atoms with Gasteiger partial charge in [0.2, 0.25) is 0 Å². The maximum Gasteiger partial charge on any atom is 0.327 e. The Morgan fingerprint density at radius 3 is 2.39 bits per heavy atom. The summed E-state index contributed by atoms with van der Waals surface area (Å²) in [7, 11) is -1.66. The first-order valence-electron chi connectivity index (χ1n) is 9.04. The van der Waals surface area contributed by atoms with Crippen LogP contribution in [0.4, 0.5) is 0 Å².